The van der Waals surface area contributed by atoms with Crippen molar-refractivity contribution in [3.05, 3.63) is 163 Å². The number of hydrogen-bond donors (Lipinski definition) is 2. The van der Waals surface area contributed by atoms with Crippen molar-refractivity contribution in [2.24, 2.45) is 0 Å². The summed E-state index contributed by atoms with van der Waals surface area (Å²) in [7, 11) is 0. The van der Waals surface area contributed by atoms with Gasteiger partial charge in [-0.2, -0.15) is 0 Å². The Bertz CT molecular complexity index is 3090. The summed E-state index contributed by atoms with van der Waals surface area (Å²) >= 11 is 7.20. The lowest BCUT2D eigenvalue weighted by atomic mass is 9.93. The first-order valence-corrected chi connectivity index (χ1v) is 26.7. The Labute approximate surface area is 448 Å². The number of likely N-dealkylation sites (tertiary alicyclic amines) is 2. The molecule has 0 aliphatic carbocycles. The van der Waals surface area contributed by atoms with Crippen molar-refractivity contribution >= 4 is 89.1 Å². The Morgan fingerprint density at radius 1 is 0.581 bits per heavy atom. The summed E-state index contributed by atoms with van der Waals surface area (Å²) in [5.41, 5.74) is 11.5. The van der Waals surface area contributed by atoms with Crippen LogP contribution in [0.1, 0.15) is 91.4 Å². The van der Waals surface area contributed by atoms with Crippen LogP contribution in [0.3, 0.4) is 0 Å². The third-order valence-electron chi connectivity index (χ3n) is 15.4. The fourth-order valence-corrected chi connectivity index (χ4v) is 12.6. The van der Waals surface area contributed by atoms with E-state index in [1.165, 1.54) is 34.4 Å². The van der Waals surface area contributed by atoms with E-state index in [1.54, 1.807) is 9.80 Å². The smallest absolute Gasteiger partial charge is 0.256 e. The monoisotopic (exact) mass is 1120 g/mol. The number of carbonyl (C=O) groups is 6. The van der Waals surface area contributed by atoms with E-state index >= 15 is 0 Å². The molecule has 10 rings (SSSR count). The quantitative estimate of drug-likeness (QED) is 0.131. The molecule has 74 heavy (non-hydrogen) atoms. The van der Waals surface area contributed by atoms with E-state index in [0.29, 0.717) is 50.4 Å². The molecule has 2 saturated heterocycles. The van der Waals surface area contributed by atoms with Gasteiger partial charge in [0, 0.05) is 70.4 Å². The second kappa shape index (κ2) is 21.2. The number of fused-ring (bicyclic) bond motifs is 4. The predicted octanol–water partition coefficient (Wildman–Crippen LogP) is 8.59. The van der Waals surface area contributed by atoms with Crippen LogP contribution in [0.5, 0.6) is 0 Å². The number of benzene rings is 4. The molecule has 2 fully saturated rings. The molecule has 4 aliphatic heterocycles. The van der Waals surface area contributed by atoms with Gasteiger partial charge < -0.3 is 39.4 Å². The lowest BCUT2D eigenvalue weighted by molar-refractivity contribution is -0.133. The van der Waals surface area contributed by atoms with Gasteiger partial charge in [0.1, 0.15) is 13.1 Å². The number of nitrogens with zero attached hydrogens (tertiary/aromatic N) is 6. The highest BCUT2D eigenvalue weighted by atomic mass is 79.9. The molecule has 2 atom stereocenters. The minimum Gasteiger partial charge on any atom is -0.348 e. The van der Waals surface area contributed by atoms with Crippen molar-refractivity contribution in [3.8, 4) is 0 Å². The predicted molar refractivity (Wildman–Crippen MR) is 295 cm³/mol. The molecule has 6 amide bonds. The van der Waals surface area contributed by atoms with E-state index < -0.39 is 0 Å². The van der Waals surface area contributed by atoms with Crippen LogP contribution in [0.25, 0.3) is 21.8 Å². The van der Waals surface area contributed by atoms with Crippen LogP contribution >= 0.6 is 31.9 Å². The maximum absolute atomic E-state index is 14.1. The Balaban J connectivity index is 0.000000182. The zero-order valence-corrected chi connectivity index (χ0v) is 45.9. The van der Waals surface area contributed by atoms with Gasteiger partial charge in [-0.15, -0.1) is 0 Å². The lowest BCUT2D eigenvalue weighted by Gasteiger charge is -2.39. The van der Waals surface area contributed by atoms with Crippen molar-refractivity contribution in [1.29, 1.82) is 0 Å². The molecule has 2 aromatic heterocycles. The van der Waals surface area contributed by atoms with Crippen LogP contribution in [0.4, 0.5) is 0 Å². The average molecular weight is 1130 g/mol. The Morgan fingerprint density at radius 3 is 1.31 bits per heavy atom. The van der Waals surface area contributed by atoms with E-state index in [9.17, 15) is 28.8 Å². The number of hydrogen-bond acceptors (Lipinski definition) is 6. The molecule has 4 aromatic carbocycles. The van der Waals surface area contributed by atoms with Crippen LogP contribution in [0, 0.1) is 27.7 Å². The van der Waals surface area contributed by atoms with E-state index in [1.807, 2.05) is 95.2 Å². The highest BCUT2D eigenvalue weighted by Gasteiger charge is 2.36. The van der Waals surface area contributed by atoms with Crippen molar-refractivity contribution < 1.29 is 28.8 Å². The van der Waals surface area contributed by atoms with Gasteiger partial charge >= 0.3 is 0 Å². The second-order valence-corrected chi connectivity index (χ2v) is 21.8. The summed E-state index contributed by atoms with van der Waals surface area (Å²) in [6.45, 7) is 22.4. The van der Waals surface area contributed by atoms with Gasteiger partial charge in [-0.25, -0.2) is 0 Å². The third kappa shape index (κ3) is 9.85. The first kappa shape index (κ1) is 52.1. The first-order chi connectivity index (χ1) is 35.4. The average Bonchev–Trinajstić information content (AvgIpc) is 3.78. The maximum Gasteiger partial charge on any atom is 0.256 e. The van der Waals surface area contributed by atoms with Crippen LogP contribution in [-0.4, -0.2) is 116 Å². The highest BCUT2D eigenvalue weighted by molar-refractivity contribution is 9.10. The number of aryl methyl sites for hydroxylation is 2. The van der Waals surface area contributed by atoms with E-state index in [2.05, 4.69) is 93.8 Å². The fourth-order valence-electron chi connectivity index (χ4n) is 11.5. The number of halogens is 2. The van der Waals surface area contributed by atoms with Crippen molar-refractivity contribution in [1.82, 2.24) is 39.4 Å². The number of nitrogens with one attached hydrogen (secondary N) is 2. The molecular formula is C58H62Br2N8O6. The molecule has 384 valence electrons. The van der Waals surface area contributed by atoms with Crippen LogP contribution in [0.15, 0.2) is 107 Å². The fraction of sp³-hybridized carbons (Fsp3) is 0.345. The molecule has 0 bridgehead atoms. The summed E-state index contributed by atoms with van der Waals surface area (Å²) < 4.78 is 5.69. The van der Waals surface area contributed by atoms with E-state index in [-0.39, 0.29) is 72.7 Å². The highest BCUT2D eigenvalue weighted by Crippen LogP contribution is 2.38. The van der Waals surface area contributed by atoms with Crippen molar-refractivity contribution in [2.45, 2.75) is 91.6 Å². The summed E-state index contributed by atoms with van der Waals surface area (Å²) in [5.74, 6) is -0.569. The molecule has 0 unspecified atom stereocenters. The van der Waals surface area contributed by atoms with Gasteiger partial charge in [0.25, 0.3) is 11.8 Å². The molecule has 0 radical (unpaired) electrons. The topological polar surface area (TPSA) is 149 Å². The van der Waals surface area contributed by atoms with Gasteiger partial charge in [-0.05, 0) is 124 Å². The molecular weight excluding hydrogens is 1060 g/mol. The minimum atomic E-state index is -0.141. The zero-order valence-electron chi connectivity index (χ0n) is 42.8. The molecule has 6 heterocycles. The van der Waals surface area contributed by atoms with Gasteiger partial charge in [-0.3, -0.25) is 28.8 Å². The summed E-state index contributed by atoms with van der Waals surface area (Å²) in [5, 5.41) is 7.74. The molecule has 16 heteroatoms. The molecule has 2 N–H and O–H groups in total. The first-order valence-electron chi connectivity index (χ1n) is 25.2. The Hall–Kier alpha value is -6.78. The second-order valence-electron chi connectivity index (χ2n) is 20.0. The van der Waals surface area contributed by atoms with Crippen LogP contribution in [-0.2, 0) is 45.1 Å². The summed E-state index contributed by atoms with van der Waals surface area (Å²) in [4.78, 5) is 84.9. The zero-order chi connectivity index (χ0) is 52.9. The van der Waals surface area contributed by atoms with Crippen LogP contribution < -0.4 is 10.6 Å². The third-order valence-corrected chi connectivity index (χ3v) is 16.3. The van der Waals surface area contributed by atoms with Gasteiger partial charge in [0.2, 0.25) is 23.6 Å². The number of amides is 6. The van der Waals surface area contributed by atoms with Crippen LogP contribution in [0.2, 0.25) is 0 Å². The minimum absolute atomic E-state index is 0.0151. The van der Waals surface area contributed by atoms with Gasteiger partial charge in [-0.1, -0.05) is 93.5 Å². The largest absolute Gasteiger partial charge is 0.348 e. The SMILES string of the molecule is C=CC(=O)N1CC(NC(=O)Cn2c(C)c(C(=O)N3CCc4ccccc4[C@@H]3C)c3cc(Br)cc(C)c32)C1.C=CC(=O)N1CC(NC(=O)Cn2c(C)c(C(=O)N3CCc4ccccc4[C@H]3C)c3cc(Br)cc(C)c32)C1. The van der Waals surface area contributed by atoms with Gasteiger partial charge in [0.15, 0.2) is 0 Å². The molecule has 14 nitrogen and oxygen atoms in total. The van der Waals surface area contributed by atoms with E-state index in [0.717, 1.165) is 66.1 Å². The number of carbonyl (C=O) groups excluding carboxylic acids is 6. The molecule has 6 aromatic rings. The van der Waals surface area contributed by atoms with Crippen molar-refractivity contribution in [2.75, 3.05) is 39.3 Å². The standard InChI is InChI=1S/2C29H31BrN4O3/c2*1-5-26(36)32-14-22(15-32)31-25(35)16-34-19(4)27(24-13-21(30)12-17(2)28(24)34)29(37)33-11-10-20-8-6-7-9-23(20)18(33)3/h2*5-9,12-13,18,22H,1,10-11,14-16H2,2-4H3,(H,31,35)/t2*18-/m10/s1. The summed E-state index contributed by atoms with van der Waals surface area (Å²) in [6, 6.07) is 24.4. The maximum atomic E-state index is 14.1. The number of rotatable bonds is 10. The Morgan fingerprint density at radius 2 is 0.946 bits per heavy atom. The normalized spacial score (nSPS) is 17.4. The Kier molecular flexibility index (Phi) is 14.9. The number of aromatic nitrogens is 2. The molecule has 4 aliphatic rings. The molecule has 0 spiro atoms. The van der Waals surface area contributed by atoms with E-state index in [4.69, 9.17) is 0 Å². The molecule has 0 saturated carbocycles. The lowest BCUT2D eigenvalue weighted by Crippen LogP contribution is -2.61. The van der Waals surface area contributed by atoms with Crippen molar-refractivity contribution in [3.63, 3.8) is 0 Å². The summed E-state index contributed by atoms with van der Waals surface area (Å²) in [6.07, 6.45) is 4.22. The van der Waals surface area contributed by atoms with Gasteiger partial charge in [0.05, 0.1) is 46.3 Å².